The lowest BCUT2D eigenvalue weighted by atomic mass is 10.0. The molecule has 2 rings (SSSR count). The zero-order chi connectivity index (χ0) is 13.7. The third kappa shape index (κ3) is 6.53. The highest BCUT2D eigenvalue weighted by Crippen LogP contribution is 2.17. The zero-order valence-corrected chi connectivity index (χ0v) is 15.5. The van der Waals surface area contributed by atoms with Gasteiger partial charge in [0.25, 0.3) is 0 Å². The van der Waals surface area contributed by atoms with Crippen LogP contribution in [0.4, 0.5) is 0 Å². The first kappa shape index (κ1) is 21.3. The van der Waals surface area contributed by atoms with Crippen molar-refractivity contribution in [2.75, 3.05) is 44.7 Å². The van der Waals surface area contributed by atoms with Crippen LogP contribution in [-0.4, -0.2) is 72.5 Å². The number of nitrogens with zero attached hydrogens (tertiary/aromatic N) is 2. The van der Waals surface area contributed by atoms with Gasteiger partial charge in [-0.25, -0.2) is 0 Å². The summed E-state index contributed by atoms with van der Waals surface area (Å²) in [6.07, 6.45) is 2.92. The second-order valence-corrected chi connectivity index (χ2v) is 6.75. The van der Waals surface area contributed by atoms with Crippen molar-refractivity contribution in [1.82, 2.24) is 15.1 Å². The Labute approximate surface area is 145 Å². The van der Waals surface area contributed by atoms with Gasteiger partial charge < -0.3 is 15.1 Å². The topological polar surface area (TPSA) is 35.6 Å². The minimum Gasteiger partial charge on any atom is -0.343 e. The van der Waals surface area contributed by atoms with E-state index < -0.39 is 0 Å². The molecule has 0 saturated carbocycles. The molecule has 0 aliphatic carbocycles. The van der Waals surface area contributed by atoms with E-state index in [0.29, 0.717) is 24.4 Å². The number of rotatable bonds is 4. The van der Waals surface area contributed by atoms with Gasteiger partial charge >= 0.3 is 0 Å². The number of carbonyl (C=O) groups is 1. The molecule has 2 heterocycles. The summed E-state index contributed by atoms with van der Waals surface area (Å²) in [6.45, 7) is 6.66. The highest BCUT2D eigenvalue weighted by Gasteiger charge is 2.26. The summed E-state index contributed by atoms with van der Waals surface area (Å²) >= 11 is 1.96. The molecule has 2 saturated heterocycles. The average molecular weight is 358 g/mol. The van der Waals surface area contributed by atoms with E-state index in [1.807, 2.05) is 23.7 Å². The van der Waals surface area contributed by atoms with E-state index in [-0.39, 0.29) is 24.8 Å². The molecule has 126 valence electrons. The molecule has 2 fully saturated rings. The Hall–Kier alpha value is 0.320. The van der Waals surface area contributed by atoms with Crippen LogP contribution in [0.2, 0.25) is 0 Å². The van der Waals surface area contributed by atoms with E-state index in [0.717, 1.165) is 44.8 Å². The summed E-state index contributed by atoms with van der Waals surface area (Å²) in [7, 11) is 1.99. The molecular formula is C14H29Cl2N3OS. The molecule has 1 unspecified atom stereocenters. The fourth-order valence-electron chi connectivity index (χ4n) is 2.93. The van der Waals surface area contributed by atoms with Crippen LogP contribution in [0.15, 0.2) is 0 Å². The molecule has 4 nitrogen and oxygen atoms in total. The van der Waals surface area contributed by atoms with Gasteiger partial charge in [0.05, 0.1) is 0 Å². The second-order valence-electron chi connectivity index (χ2n) is 5.60. The Bertz CT molecular complexity index is 296. The van der Waals surface area contributed by atoms with Gasteiger partial charge in [-0.1, -0.05) is 6.92 Å². The van der Waals surface area contributed by atoms with Crippen LogP contribution < -0.4 is 5.32 Å². The summed E-state index contributed by atoms with van der Waals surface area (Å²) in [5.41, 5.74) is 0. The predicted octanol–water partition coefficient (Wildman–Crippen LogP) is 1.87. The number of hydrogen-bond donors (Lipinski definition) is 1. The summed E-state index contributed by atoms with van der Waals surface area (Å²) in [5, 5.41) is 3.45. The Morgan fingerprint density at radius 3 is 2.52 bits per heavy atom. The van der Waals surface area contributed by atoms with Gasteiger partial charge in [0.15, 0.2) is 0 Å². The number of nitrogens with one attached hydrogen (secondary N) is 1. The van der Waals surface area contributed by atoms with Gasteiger partial charge in [0.2, 0.25) is 5.91 Å². The number of halogens is 2. The lowest BCUT2D eigenvalue weighted by Crippen LogP contribution is -2.48. The molecule has 7 heteroatoms. The SMILES string of the molecule is CCN1CCC(N(C)C(=O)CC2CSCCN2)CC1.Cl.Cl. The Kier molecular flexibility index (Phi) is 11.1. The molecule has 1 amide bonds. The van der Waals surface area contributed by atoms with Crippen LogP contribution in [0.5, 0.6) is 0 Å². The second kappa shape index (κ2) is 10.9. The maximum absolute atomic E-state index is 12.3. The first-order chi connectivity index (χ1) is 9.20. The number of hydrogen-bond acceptors (Lipinski definition) is 4. The highest BCUT2D eigenvalue weighted by molar-refractivity contribution is 7.99. The van der Waals surface area contributed by atoms with Gasteiger partial charge in [-0.3, -0.25) is 4.79 Å². The van der Waals surface area contributed by atoms with Crippen molar-refractivity contribution in [3.63, 3.8) is 0 Å². The molecule has 0 aromatic heterocycles. The van der Waals surface area contributed by atoms with Crippen molar-refractivity contribution in [3.8, 4) is 0 Å². The molecule has 2 aliphatic heterocycles. The fourth-order valence-corrected chi connectivity index (χ4v) is 3.88. The zero-order valence-electron chi connectivity index (χ0n) is 13.0. The average Bonchev–Trinajstić information content (AvgIpc) is 2.47. The molecular weight excluding hydrogens is 329 g/mol. The molecule has 21 heavy (non-hydrogen) atoms. The van der Waals surface area contributed by atoms with E-state index in [2.05, 4.69) is 17.1 Å². The minimum absolute atomic E-state index is 0. The summed E-state index contributed by atoms with van der Waals surface area (Å²) in [4.78, 5) is 16.8. The summed E-state index contributed by atoms with van der Waals surface area (Å²) in [5.74, 6) is 2.57. The number of likely N-dealkylation sites (tertiary alicyclic amines) is 1. The normalized spacial score (nSPS) is 23.8. The molecule has 1 N–H and O–H groups in total. The van der Waals surface area contributed by atoms with Crippen molar-refractivity contribution < 1.29 is 4.79 Å². The van der Waals surface area contributed by atoms with Crippen LogP contribution in [0, 0.1) is 0 Å². The third-order valence-corrected chi connectivity index (χ3v) is 5.50. The molecule has 0 radical (unpaired) electrons. The van der Waals surface area contributed by atoms with E-state index >= 15 is 0 Å². The molecule has 1 atom stereocenters. The Balaban J connectivity index is 0.00000200. The monoisotopic (exact) mass is 357 g/mol. The number of thioether (sulfide) groups is 1. The Morgan fingerprint density at radius 2 is 2.00 bits per heavy atom. The van der Waals surface area contributed by atoms with Gasteiger partial charge in [-0.05, 0) is 19.4 Å². The van der Waals surface area contributed by atoms with Crippen LogP contribution in [0.25, 0.3) is 0 Å². The van der Waals surface area contributed by atoms with E-state index in [9.17, 15) is 4.79 Å². The molecule has 2 aliphatic rings. The van der Waals surface area contributed by atoms with Gasteiger partial charge in [0.1, 0.15) is 0 Å². The van der Waals surface area contributed by atoms with Crippen molar-refractivity contribution in [3.05, 3.63) is 0 Å². The molecule has 0 spiro atoms. The summed E-state index contributed by atoms with van der Waals surface area (Å²) < 4.78 is 0. The third-order valence-electron chi connectivity index (χ3n) is 4.36. The lowest BCUT2D eigenvalue weighted by Gasteiger charge is -2.37. The van der Waals surface area contributed by atoms with Crippen molar-refractivity contribution in [2.24, 2.45) is 0 Å². The standard InChI is InChI=1S/C14H27N3OS.2ClH/c1-3-17-7-4-13(5-8-17)16(2)14(18)10-12-11-19-9-6-15-12;;/h12-13,15H,3-11H2,1-2H3;2*1H. The van der Waals surface area contributed by atoms with Gasteiger partial charge in [-0.15, -0.1) is 24.8 Å². The van der Waals surface area contributed by atoms with Crippen molar-refractivity contribution in [2.45, 2.75) is 38.3 Å². The molecule has 0 aromatic carbocycles. The van der Waals surface area contributed by atoms with Crippen LogP contribution in [0.3, 0.4) is 0 Å². The maximum atomic E-state index is 12.3. The van der Waals surface area contributed by atoms with Crippen LogP contribution in [0.1, 0.15) is 26.2 Å². The van der Waals surface area contributed by atoms with Crippen molar-refractivity contribution in [1.29, 1.82) is 0 Å². The molecule has 0 aromatic rings. The van der Waals surface area contributed by atoms with Crippen molar-refractivity contribution >= 4 is 42.5 Å². The quantitative estimate of drug-likeness (QED) is 0.832. The first-order valence-corrected chi connectivity index (χ1v) is 8.65. The predicted molar refractivity (Wildman–Crippen MR) is 96.1 cm³/mol. The van der Waals surface area contributed by atoms with Crippen LogP contribution in [-0.2, 0) is 4.79 Å². The first-order valence-electron chi connectivity index (χ1n) is 7.50. The number of amides is 1. The lowest BCUT2D eigenvalue weighted by molar-refractivity contribution is -0.133. The molecule has 0 bridgehead atoms. The van der Waals surface area contributed by atoms with E-state index in [1.54, 1.807) is 0 Å². The van der Waals surface area contributed by atoms with Gasteiger partial charge in [-0.2, -0.15) is 11.8 Å². The number of piperidine rings is 1. The smallest absolute Gasteiger partial charge is 0.224 e. The van der Waals surface area contributed by atoms with Crippen LogP contribution >= 0.6 is 36.6 Å². The Morgan fingerprint density at radius 1 is 1.33 bits per heavy atom. The highest BCUT2D eigenvalue weighted by atomic mass is 35.5. The van der Waals surface area contributed by atoms with E-state index in [1.165, 1.54) is 5.75 Å². The summed E-state index contributed by atoms with van der Waals surface area (Å²) in [6, 6.07) is 0.830. The van der Waals surface area contributed by atoms with Gasteiger partial charge in [0, 0.05) is 56.7 Å². The number of carbonyl (C=O) groups excluding carboxylic acids is 1. The maximum Gasteiger partial charge on any atom is 0.224 e. The van der Waals surface area contributed by atoms with E-state index in [4.69, 9.17) is 0 Å². The minimum atomic E-state index is 0. The fraction of sp³-hybridized carbons (Fsp3) is 0.929. The largest absolute Gasteiger partial charge is 0.343 e.